The molecular formula is C32H40N4O9. The highest BCUT2D eigenvalue weighted by atomic mass is 16.6. The van der Waals surface area contributed by atoms with Crippen molar-refractivity contribution in [1.82, 2.24) is 9.80 Å². The number of nitrogens with one attached hydrogen (secondary N) is 1. The summed E-state index contributed by atoms with van der Waals surface area (Å²) in [7, 11) is 1.55. The van der Waals surface area contributed by atoms with Gasteiger partial charge in [0.1, 0.15) is 17.0 Å². The van der Waals surface area contributed by atoms with Gasteiger partial charge in [-0.1, -0.05) is 12.1 Å². The molecule has 0 bridgehead atoms. The first-order valence-corrected chi connectivity index (χ1v) is 14.3. The van der Waals surface area contributed by atoms with E-state index in [4.69, 9.17) is 18.9 Å². The van der Waals surface area contributed by atoms with Crippen molar-refractivity contribution in [2.45, 2.75) is 78.0 Å². The third kappa shape index (κ3) is 9.92. The molecule has 1 aliphatic rings. The lowest BCUT2D eigenvalue weighted by Gasteiger charge is -2.34. The maximum atomic E-state index is 13.1. The van der Waals surface area contributed by atoms with Crippen molar-refractivity contribution in [2.75, 3.05) is 25.6 Å². The summed E-state index contributed by atoms with van der Waals surface area (Å²) in [5.41, 5.74) is -0.572. The Bertz CT molecular complexity index is 1410. The second-order valence-electron chi connectivity index (χ2n) is 12.4. The minimum Gasteiger partial charge on any atom is -0.497 e. The van der Waals surface area contributed by atoms with Crippen LogP contribution in [0.15, 0.2) is 42.5 Å². The van der Waals surface area contributed by atoms with E-state index >= 15 is 0 Å². The fourth-order valence-electron chi connectivity index (χ4n) is 4.26. The molecule has 0 unspecified atom stereocenters. The van der Waals surface area contributed by atoms with Gasteiger partial charge in [0, 0.05) is 18.8 Å². The van der Waals surface area contributed by atoms with E-state index in [9.17, 15) is 29.5 Å². The summed E-state index contributed by atoms with van der Waals surface area (Å²) in [5.74, 6) is -0.803. The highest BCUT2D eigenvalue weighted by Crippen LogP contribution is 2.23. The van der Waals surface area contributed by atoms with Gasteiger partial charge in [0.15, 0.2) is 12.2 Å². The van der Waals surface area contributed by atoms with Crippen LogP contribution in [0.2, 0.25) is 0 Å². The normalized spacial score (nSPS) is 15.8. The lowest BCUT2D eigenvalue weighted by molar-refractivity contribution is -0.166. The number of methoxy groups -OCH3 is 1. The van der Waals surface area contributed by atoms with Crippen molar-refractivity contribution in [3.63, 3.8) is 0 Å². The quantitative estimate of drug-likeness (QED) is 0.439. The molecule has 2 aromatic rings. The van der Waals surface area contributed by atoms with E-state index in [1.165, 1.54) is 23.1 Å². The van der Waals surface area contributed by atoms with Crippen molar-refractivity contribution >= 4 is 29.7 Å². The van der Waals surface area contributed by atoms with Crippen LogP contribution in [-0.2, 0) is 36.9 Å². The number of carbonyl (C=O) groups is 4. The van der Waals surface area contributed by atoms with Crippen molar-refractivity contribution in [3.8, 4) is 11.8 Å². The predicted molar refractivity (Wildman–Crippen MR) is 162 cm³/mol. The summed E-state index contributed by atoms with van der Waals surface area (Å²) in [4.78, 5) is 54.4. The van der Waals surface area contributed by atoms with Gasteiger partial charge in [-0.25, -0.2) is 14.5 Å². The largest absolute Gasteiger partial charge is 0.497 e. The van der Waals surface area contributed by atoms with E-state index in [0.717, 1.165) is 10.5 Å². The molecule has 45 heavy (non-hydrogen) atoms. The Hall–Kier alpha value is -4.67. The summed E-state index contributed by atoms with van der Waals surface area (Å²) in [6.45, 7) is 10.1. The van der Waals surface area contributed by atoms with Gasteiger partial charge in [-0.05, 0) is 83.0 Å². The molecule has 1 saturated heterocycles. The van der Waals surface area contributed by atoms with Crippen LogP contribution >= 0.6 is 0 Å². The van der Waals surface area contributed by atoms with E-state index in [0.29, 0.717) is 5.75 Å². The number of morpholine rings is 1. The number of rotatable bonds is 8. The Kier molecular flexibility index (Phi) is 11.1. The number of aliphatic hydroxyl groups is 1. The molecule has 0 saturated carbocycles. The molecule has 0 aliphatic carbocycles. The Morgan fingerprint density at radius 3 is 2.20 bits per heavy atom. The monoisotopic (exact) mass is 624 g/mol. The third-order valence-corrected chi connectivity index (χ3v) is 6.35. The molecule has 1 fully saturated rings. The second kappa shape index (κ2) is 14.4. The number of aliphatic hydroxyl groups excluding tert-OH is 1. The molecule has 3 rings (SSSR count). The zero-order valence-electron chi connectivity index (χ0n) is 26.6. The van der Waals surface area contributed by atoms with Crippen molar-refractivity contribution in [3.05, 3.63) is 59.2 Å². The van der Waals surface area contributed by atoms with Crippen molar-refractivity contribution in [1.29, 1.82) is 5.26 Å². The SMILES string of the molecule is COc1ccc(CN2CCO[C@H]([C@@H](O)C(=O)Nc3ccc(C#N)c(CN(C(=O)OC(C)(C)C)C(=O)OC(C)(C)C)c3)C2=O)cc1. The van der Waals surface area contributed by atoms with Gasteiger partial charge < -0.3 is 34.3 Å². The Balaban J connectivity index is 1.77. The summed E-state index contributed by atoms with van der Waals surface area (Å²) in [6.07, 6.45) is -5.27. The average Bonchev–Trinajstić information content (AvgIpc) is 2.95. The topological polar surface area (TPSA) is 168 Å². The summed E-state index contributed by atoms with van der Waals surface area (Å²) in [6, 6.07) is 13.3. The number of benzene rings is 2. The molecule has 0 aromatic heterocycles. The molecule has 2 aromatic carbocycles. The van der Waals surface area contributed by atoms with Gasteiger partial charge in [0.05, 0.1) is 31.9 Å². The minimum absolute atomic E-state index is 0.114. The Labute approximate surface area is 262 Å². The highest BCUT2D eigenvalue weighted by molar-refractivity contribution is 5.99. The number of hydrogen-bond donors (Lipinski definition) is 2. The molecule has 1 aliphatic heterocycles. The molecule has 242 valence electrons. The van der Waals surface area contributed by atoms with Gasteiger partial charge in [-0.15, -0.1) is 0 Å². The number of anilines is 1. The van der Waals surface area contributed by atoms with Crippen molar-refractivity contribution in [2.24, 2.45) is 0 Å². The number of nitrogens with zero attached hydrogens (tertiary/aromatic N) is 3. The van der Waals surface area contributed by atoms with E-state index in [2.05, 4.69) is 5.32 Å². The standard InChI is InChI=1S/C32H40N4O9/c1-31(2,3)44-29(40)36(30(41)45-32(4,5)6)19-22-16-23(11-10-21(22)17-33)34-27(38)25(37)26-28(39)35(14-15-43-26)18-20-8-12-24(42-7)13-9-20/h8-13,16,25-26,37H,14-15,18-19H2,1-7H3,(H,34,38)/t25-,26-/m1/s1. The van der Waals surface area contributed by atoms with Crippen molar-refractivity contribution < 1.29 is 43.2 Å². The predicted octanol–water partition coefficient (Wildman–Crippen LogP) is 3.97. The van der Waals surface area contributed by atoms with Crippen LogP contribution in [0.3, 0.4) is 0 Å². The van der Waals surface area contributed by atoms with Crippen LogP contribution < -0.4 is 10.1 Å². The first kappa shape index (κ1) is 34.8. The Morgan fingerprint density at radius 1 is 1.07 bits per heavy atom. The van der Waals surface area contributed by atoms with E-state index in [1.807, 2.05) is 18.2 Å². The van der Waals surface area contributed by atoms with Crippen LogP contribution in [0, 0.1) is 11.3 Å². The number of amides is 4. The summed E-state index contributed by atoms with van der Waals surface area (Å²) >= 11 is 0. The van der Waals surface area contributed by atoms with Crippen LogP contribution in [0.5, 0.6) is 5.75 Å². The number of carbonyl (C=O) groups excluding carboxylic acids is 4. The zero-order valence-corrected chi connectivity index (χ0v) is 26.6. The lowest BCUT2D eigenvalue weighted by atomic mass is 10.1. The maximum absolute atomic E-state index is 13.1. The second-order valence-corrected chi connectivity index (χ2v) is 12.4. The lowest BCUT2D eigenvalue weighted by Crippen LogP contribution is -2.54. The summed E-state index contributed by atoms with van der Waals surface area (Å²) in [5, 5.41) is 23.0. The molecule has 4 amide bonds. The smallest absolute Gasteiger partial charge is 0.420 e. The van der Waals surface area contributed by atoms with E-state index in [-0.39, 0.29) is 36.5 Å². The van der Waals surface area contributed by atoms with Gasteiger partial charge in [-0.2, -0.15) is 5.26 Å². The van der Waals surface area contributed by atoms with Crippen LogP contribution in [0.4, 0.5) is 15.3 Å². The number of ether oxygens (including phenoxy) is 4. The van der Waals surface area contributed by atoms with Crippen LogP contribution in [0.1, 0.15) is 58.2 Å². The summed E-state index contributed by atoms with van der Waals surface area (Å²) < 4.78 is 21.4. The van der Waals surface area contributed by atoms with Crippen LogP contribution in [-0.4, -0.2) is 82.6 Å². The van der Waals surface area contributed by atoms with E-state index in [1.54, 1.807) is 60.8 Å². The molecule has 13 nitrogen and oxygen atoms in total. The fourth-order valence-corrected chi connectivity index (χ4v) is 4.26. The number of nitriles is 1. The minimum atomic E-state index is -1.85. The fraction of sp³-hybridized carbons (Fsp3) is 0.469. The van der Waals surface area contributed by atoms with Gasteiger partial charge >= 0.3 is 12.2 Å². The molecule has 13 heteroatoms. The molecule has 1 heterocycles. The van der Waals surface area contributed by atoms with Gasteiger partial charge in [0.25, 0.3) is 11.8 Å². The first-order chi connectivity index (χ1) is 21.0. The van der Waals surface area contributed by atoms with Gasteiger partial charge in [-0.3, -0.25) is 9.59 Å². The van der Waals surface area contributed by atoms with Gasteiger partial charge in [0.2, 0.25) is 0 Å². The molecule has 2 N–H and O–H groups in total. The number of imide groups is 1. The molecule has 0 radical (unpaired) electrons. The molecular weight excluding hydrogens is 584 g/mol. The first-order valence-electron chi connectivity index (χ1n) is 14.3. The molecule has 0 spiro atoms. The zero-order chi connectivity index (χ0) is 33.5. The third-order valence-electron chi connectivity index (χ3n) is 6.35. The Morgan fingerprint density at radius 2 is 1.67 bits per heavy atom. The van der Waals surface area contributed by atoms with E-state index < -0.39 is 54.0 Å². The molecule has 2 atom stereocenters. The maximum Gasteiger partial charge on any atom is 0.420 e. The highest BCUT2D eigenvalue weighted by Gasteiger charge is 2.39. The average molecular weight is 625 g/mol. The van der Waals surface area contributed by atoms with Crippen LogP contribution in [0.25, 0.3) is 0 Å². The number of hydrogen-bond acceptors (Lipinski definition) is 10.